The summed E-state index contributed by atoms with van der Waals surface area (Å²) in [5.74, 6) is -0.0895. The van der Waals surface area contributed by atoms with E-state index < -0.39 is 0 Å². The number of amidine groups is 1. The van der Waals surface area contributed by atoms with Gasteiger partial charge < -0.3 is 21.6 Å². The van der Waals surface area contributed by atoms with Gasteiger partial charge in [-0.2, -0.15) is 0 Å². The molecule has 18 heavy (non-hydrogen) atoms. The minimum Gasteiger partial charge on any atom is -0.409 e. The van der Waals surface area contributed by atoms with Crippen LogP contribution in [0.25, 0.3) is 0 Å². The second-order valence-corrected chi connectivity index (χ2v) is 4.48. The smallest absolute Gasteiger partial charge is 0.319 e. The van der Waals surface area contributed by atoms with Gasteiger partial charge in [-0.1, -0.05) is 16.8 Å². The van der Waals surface area contributed by atoms with Crippen LogP contribution in [-0.2, 0) is 0 Å². The molecule has 0 bridgehead atoms. The highest BCUT2D eigenvalue weighted by Crippen LogP contribution is 2.22. The summed E-state index contributed by atoms with van der Waals surface area (Å²) in [4.78, 5) is 11.6. The summed E-state index contributed by atoms with van der Waals surface area (Å²) in [6.07, 6.45) is 1.99. The van der Waals surface area contributed by atoms with E-state index >= 15 is 0 Å². The van der Waals surface area contributed by atoms with Crippen molar-refractivity contribution in [3.63, 3.8) is 0 Å². The first-order chi connectivity index (χ1) is 8.60. The van der Waals surface area contributed by atoms with Gasteiger partial charge >= 0.3 is 6.03 Å². The van der Waals surface area contributed by atoms with Crippen LogP contribution in [-0.4, -0.2) is 23.1 Å². The zero-order chi connectivity index (χ0) is 13.1. The minimum absolute atomic E-state index is 0.0895. The Morgan fingerprint density at radius 1 is 1.50 bits per heavy atom. The molecule has 0 saturated heterocycles. The molecule has 2 rings (SSSR count). The van der Waals surface area contributed by atoms with Gasteiger partial charge in [0.05, 0.1) is 5.69 Å². The Morgan fingerprint density at radius 3 is 2.83 bits per heavy atom. The highest BCUT2D eigenvalue weighted by atomic mass is 35.5. The van der Waals surface area contributed by atoms with Crippen LogP contribution in [0.4, 0.5) is 10.5 Å². The topological polar surface area (TPSA) is 99.7 Å². The van der Waals surface area contributed by atoms with E-state index in [1.165, 1.54) is 0 Å². The van der Waals surface area contributed by atoms with E-state index in [2.05, 4.69) is 15.8 Å². The van der Waals surface area contributed by atoms with Gasteiger partial charge in [0.2, 0.25) is 0 Å². The number of amides is 2. The van der Waals surface area contributed by atoms with E-state index in [-0.39, 0.29) is 17.9 Å². The SMILES string of the molecule is NC(=NO)c1ccc(Cl)cc1NC(=O)NC1CC1. The normalized spacial score (nSPS) is 15.3. The van der Waals surface area contributed by atoms with Crippen LogP contribution in [0, 0.1) is 0 Å². The molecule has 1 aromatic carbocycles. The Hall–Kier alpha value is -1.95. The van der Waals surface area contributed by atoms with Crippen LogP contribution in [0.15, 0.2) is 23.4 Å². The fraction of sp³-hybridized carbons (Fsp3) is 0.273. The van der Waals surface area contributed by atoms with Crippen LogP contribution < -0.4 is 16.4 Å². The van der Waals surface area contributed by atoms with Crippen LogP contribution in [0.3, 0.4) is 0 Å². The summed E-state index contributed by atoms with van der Waals surface area (Å²) >= 11 is 5.85. The average molecular weight is 269 g/mol. The highest BCUT2D eigenvalue weighted by molar-refractivity contribution is 6.31. The number of anilines is 1. The zero-order valence-corrected chi connectivity index (χ0v) is 10.2. The molecule has 0 atom stereocenters. The number of carbonyl (C=O) groups is 1. The average Bonchev–Trinajstić information content (AvgIpc) is 3.12. The summed E-state index contributed by atoms with van der Waals surface area (Å²) < 4.78 is 0. The molecular formula is C11H13ClN4O2. The molecule has 0 unspecified atom stereocenters. The first-order valence-electron chi connectivity index (χ1n) is 5.45. The molecule has 6 nitrogen and oxygen atoms in total. The lowest BCUT2D eigenvalue weighted by atomic mass is 10.1. The van der Waals surface area contributed by atoms with Crippen molar-refractivity contribution in [2.75, 3.05) is 5.32 Å². The molecule has 1 aliphatic rings. The number of urea groups is 1. The van der Waals surface area contributed by atoms with Gasteiger partial charge in [-0.25, -0.2) is 4.79 Å². The Kier molecular flexibility index (Phi) is 3.57. The third-order valence-corrected chi connectivity index (χ3v) is 2.76. The molecule has 0 spiro atoms. The molecule has 2 amide bonds. The van der Waals surface area contributed by atoms with Crippen molar-refractivity contribution in [3.8, 4) is 0 Å². The number of oxime groups is 1. The number of hydrogen-bond acceptors (Lipinski definition) is 3. The maximum atomic E-state index is 11.6. The Morgan fingerprint density at radius 2 is 2.22 bits per heavy atom. The molecule has 0 radical (unpaired) electrons. The van der Waals surface area contributed by atoms with Crippen molar-refractivity contribution in [1.82, 2.24) is 5.32 Å². The molecule has 1 aliphatic carbocycles. The van der Waals surface area contributed by atoms with E-state index in [0.717, 1.165) is 12.8 Å². The van der Waals surface area contributed by atoms with E-state index in [0.29, 0.717) is 16.3 Å². The molecule has 0 aliphatic heterocycles. The number of nitrogens with one attached hydrogen (secondary N) is 2. The van der Waals surface area contributed by atoms with Crippen molar-refractivity contribution in [2.24, 2.45) is 10.9 Å². The zero-order valence-electron chi connectivity index (χ0n) is 9.48. The fourth-order valence-corrected chi connectivity index (χ4v) is 1.64. The number of carbonyl (C=O) groups excluding carboxylic acids is 1. The van der Waals surface area contributed by atoms with Crippen LogP contribution in [0.2, 0.25) is 5.02 Å². The number of nitrogens with two attached hydrogens (primary N) is 1. The number of halogens is 1. The number of benzene rings is 1. The van der Waals surface area contributed by atoms with Gasteiger partial charge in [-0.3, -0.25) is 0 Å². The van der Waals surface area contributed by atoms with Gasteiger partial charge in [-0.15, -0.1) is 0 Å². The monoisotopic (exact) mass is 268 g/mol. The Balaban J connectivity index is 2.18. The highest BCUT2D eigenvalue weighted by Gasteiger charge is 2.23. The van der Waals surface area contributed by atoms with Gasteiger partial charge in [-0.05, 0) is 31.0 Å². The molecule has 1 fully saturated rings. The second-order valence-electron chi connectivity index (χ2n) is 4.05. The van der Waals surface area contributed by atoms with E-state index in [1.807, 2.05) is 0 Å². The molecular weight excluding hydrogens is 256 g/mol. The standard InChI is InChI=1S/C11H13ClN4O2/c12-6-1-4-8(10(13)16-18)9(5-6)15-11(17)14-7-2-3-7/h1,4-5,7,18H,2-3H2,(H2,13,16)(H2,14,15,17). The predicted molar refractivity (Wildman–Crippen MR) is 69.1 cm³/mol. The third kappa shape index (κ3) is 3.04. The van der Waals surface area contributed by atoms with Crippen molar-refractivity contribution in [1.29, 1.82) is 0 Å². The fourth-order valence-electron chi connectivity index (χ4n) is 1.47. The molecule has 5 N–H and O–H groups in total. The Labute approximate surface area is 109 Å². The van der Waals surface area contributed by atoms with Crippen molar-refractivity contribution >= 4 is 29.2 Å². The molecule has 96 valence electrons. The summed E-state index contributed by atoms with van der Waals surface area (Å²) in [6.45, 7) is 0. The lowest BCUT2D eigenvalue weighted by Crippen LogP contribution is -2.31. The maximum Gasteiger partial charge on any atom is 0.319 e. The van der Waals surface area contributed by atoms with Crippen molar-refractivity contribution in [2.45, 2.75) is 18.9 Å². The summed E-state index contributed by atoms with van der Waals surface area (Å²) in [5, 5.41) is 17.4. The van der Waals surface area contributed by atoms with E-state index in [9.17, 15) is 4.79 Å². The first-order valence-corrected chi connectivity index (χ1v) is 5.83. The van der Waals surface area contributed by atoms with Crippen molar-refractivity contribution in [3.05, 3.63) is 28.8 Å². The van der Waals surface area contributed by atoms with Gasteiger partial charge in [0, 0.05) is 16.6 Å². The minimum atomic E-state index is -0.327. The number of rotatable bonds is 3. The second kappa shape index (κ2) is 5.14. The van der Waals surface area contributed by atoms with Gasteiger partial charge in [0.1, 0.15) is 0 Å². The lowest BCUT2D eigenvalue weighted by Gasteiger charge is -2.11. The molecule has 0 heterocycles. The third-order valence-electron chi connectivity index (χ3n) is 2.53. The Bertz CT molecular complexity index is 500. The van der Waals surface area contributed by atoms with E-state index in [1.54, 1.807) is 18.2 Å². The van der Waals surface area contributed by atoms with Gasteiger partial charge in [0.15, 0.2) is 5.84 Å². The summed E-state index contributed by atoms with van der Waals surface area (Å²) in [5.41, 5.74) is 6.33. The van der Waals surface area contributed by atoms with Crippen LogP contribution >= 0.6 is 11.6 Å². The van der Waals surface area contributed by atoms with Crippen molar-refractivity contribution < 1.29 is 10.0 Å². The number of nitrogens with zero attached hydrogens (tertiary/aromatic N) is 1. The predicted octanol–water partition coefficient (Wildman–Crippen LogP) is 1.72. The molecule has 7 heteroatoms. The van der Waals surface area contributed by atoms with Crippen LogP contribution in [0.1, 0.15) is 18.4 Å². The summed E-state index contributed by atoms with van der Waals surface area (Å²) in [7, 11) is 0. The molecule has 1 aromatic rings. The van der Waals surface area contributed by atoms with E-state index in [4.69, 9.17) is 22.5 Å². The number of hydrogen-bond donors (Lipinski definition) is 4. The van der Waals surface area contributed by atoms with Gasteiger partial charge in [0.25, 0.3) is 0 Å². The molecule has 1 saturated carbocycles. The van der Waals surface area contributed by atoms with Crippen LogP contribution in [0.5, 0.6) is 0 Å². The molecule has 0 aromatic heterocycles. The lowest BCUT2D eigenvalue weighted by molar-refractivity contribution is 0.251. The largest absolute Gasteiger partial charge is 0.409 e. The summed E-state index contributed by atoms with van der Waals surface area (Å²) in [6, 6.07) is 4.63. The quantitative estimate of drug-likeness (QED) is 0.291. The first kappa shape index (κ1) is 12.5. The maximum absolute atomic E-state index is 11.6.